The fourth-order valence-electron chi connectivity index (χ4n) is 1.94. The molecule has 3 aromatic rings. The first-order valence-electron chi connectivity index (χ1n) is 6.16. The number of halogens is 2. The fourth-order valence-corrected chi connectivity index (χ4v) is 4.20. The molecule has 22 heavy (non-hydrogen) atoms. The van der Waals surface area contributed by atoms with Gasteiger partial charge in [0.15, 0.2) is 11.6 Å². The van der Waals surface area contributed by atoms with E-state index in [4.69, 9.17) is 0 Å². The van der Waals surface area contributed by atoms with Crippen LogP contribution in [-0.2, 0) is 0 Å². The molecule has 0 bridgehead atoms. The van der Waals surface area contributed by atoms with E-state index >= 15 is 0 Å². The summed E-state index contributed by atoms with van der Waals surface area (Å²) < 4.78 is 29.8. The number of isothiocyanates is 1. The Labute approximate surface area is 138 Å². The van der Waals surface area contributed by atoms with Gasteiger partial charge >= 0.3 is 0 Å². The van der Waals surface area contributed by atoms with Crippen LogP contribution in [0, 0.1) is 30.4 Å². The van der Waals surface area contributed by atoms with Crippen molar-refractivity contribution in [3.8, 4) is 11.8 Å². The van der Waals surface area contributed by atoms with Gasteiger partial charge in [-0.25, -0.2) is 8.78 Å². The maximum Gasteiger partial charge on any atom is 0.153 e. The second-order valence-corrected chi connectivity index (χ2v) is 6.99. The Kier molecular flexibility index (Phi) is 4.14. The van der Waals surface area contributed by atoms with Gasteiger partial charge in [0.25, 0.3) is 0 Å². The van der Waals surface area contributed by atoms with Crippen LogP contribution in [0.1, 0.15) is 15.3 Å². The van der Waals surface area contributed by atoms with Crippen LogP contribution in [0.3, 0.4) is 0 Å². The zero-order valence-corrected chi connectivity index (χ0v) is 13.7. The minimum Gasteiger partial charge on any atom is -0.204 e. The Morgan fingerprint density at radius 2 is 1.68 bits per heavy atom. The van der Waals surface area contributed by atoms with E-state index in [9.17, 15) is 8.78 Å². The quantitative estimate of drug-likeness (QED) is 0.313. The molecule has 0 spiro atoms. The molecule has 3 rings (SSSR count). The molecule has 0 radical (unpaired) electrons. The van der Waals surface area contributed by atoms with Gasteiger partial charge in [0, 0.05) is 19.8 Å². The molecule has 0 amide bonds. The summed E-state index contributed by atoms with van der Waals surface area (Å²) in [4.78, 5) is 5.48. The molecule has 6 heteroatoms. The van der Waals surface area contributed by atoms with Crippen molar-refractivity contribution in [1.29, 1.82) is 0 Å². The molecule has 1 nitrogen and oxygen atoms in total. The Balaban J connectivity index is 1.96. The minimum atomic E-state index is -0.801. The van der Waals surface area contributed by atoms with Gasteiger partial charge in [0.2, 0.25) is 0 Å². The third kappa shape index (κ3) is 2.99. The average molecular weight is 347 g/mol. The maximum atomic E-state index is 13.7. The van der Waals surface area contributed by atoms with Gasteiger partial charge in [0.1, 0.15) is 5.69 Å². The first-order chi connectivity index (χ1) is 10.6. The Morgan fingerprint density at radius 1 is 1.00 bits per heavy atom. The minimum absolute atomic E-state index is 0.256. The van der Waals surface area contributed by atoms with E-state index in [0.717, 1.165) is 17.0 Å². The van der Waals surface area contributed by atoms with E-state index in [2.05, 4.69) is 42.0 Å². The molecule has 0 saturated heterocycles. The number of aliphatic imine (C=N–C) groups is 1. The van der Waals surface area contributed by atoms with Crippen LogP contribution in [0.5, 0.6) is 0 Å². The number of fused-ring (bicyclic) bond motifs is 1. The van der Waals surface area contributed by atoms with Gasteiger partial charge in [-0.15, -0.1) is 22.7 Å². The van der Waals surface area contributed by atoms with E-state index in [0.29, 0.717) is 0 Å². The molecule has 0 N–H and O–H groups in total. The van der Waals surface area contributed by atoms with Crippen LogP contribution in [0.25, 0.3) is 9.40 Å². The van der Waals surface area contributed by atoms with Gasteiger partial charge in [0.05, 0.1) is 10.0 Å². The van der Waals surface area contributed by atoms with Gasteiger partial charge in [-0.05, 0) is 43.4 Å². The van der Waals surface area contributed by atoms with Gasteiger partial charge in [-0.2, -0.15) is 4.99 Å². The second-order valence-electron chi connectivity index (χ2n) is 4.44. The van der Waals surface area contributed by atoms with Crippen LogP contribution in [0.2, 0.25) is 0 Å². The lowest BCUT2D eigenvalue weighted by Crippen LogP contribution is -1.86. The molecule has 0 unspecified atom stereocenters. The number of hydrogen-bond acceptors (Lipinski definition) is 4. The molecule has 0 aliphatic carbocycles. The molecule has 2 heterocycles. The molecule has 108 valence electrons. The number of aryl methyl sites for hydroxylation is 1. The SMILES string of the molecule is Cc1cc2sc(C#Cc3cc(F)c(N=C=S)c(F)c3)cc2s1. The molecule has 0 aliphatic heterocycles. The fraction of sp³-hybridized carbons (Fsp3) is 0.0625. The average Bonchev–Trinajstić information content (AvgIpc) is 2.97. The number of rotatable bonds is 1. The number of benzene rings is 1. The topological polar surface area (TPSA) is 12.4 Å². The molecular weight excluding hydrogens is 340 g/mol. The van der Waals surface area contributed by atoms with Crippen LogP contribution >= 0.6 is 34.9 Å². The van der Waals surface area contributed by atoms with Crippen molar-refractivity contribution < 1.29 is 8.78 Å². The number of nitrogens with zero attached hydrogens (tertiary/aromatic N) is 1. The monoisotopic (exact) mass is 347 g/mol. The first kappa shape index (κ1) is 15.0. The smallest absolute Gasteiger partial charge is 0.153 e. The highest BCUT2D eigenvalue weighted by atomic mass is 32.1. The molecule has 0 atom stereocenters. The highest BCUT2D eigenvalue weighted by Crippen LogP contribution is 2.32. The predicted molar refractivity (Wildman–Crippen MR) is 91.5 cm³/mol. The van der Waals surface area contributed by atoms with Crippen molar-refractivity contribution in [2.45, 2.75) is 6.92 Å². The van der Waals surface area contributed by atoms with E-state index in [1.54, 1.807) is 22.7 Å². The van der Waals surface area contributed by atoms with E-state index in [1.165, 1.54) is 14.3 Å². The summed E-state index contributed by atoms with van der Waals surface area (Å²) in [5.41, 5.74) is -0.182. The van der Waals surface area contributed by atoms with Crippen molar-refractivity contribution >= 4 is 55.1 Å². The molecule has 0 saturated carbocycles. The number of thiophene rings is 2. The lowest BCUT2D eigenvalue weighted by Gasteiger charge is -1.98. The Hall–Kier alpha value is -1.90. The van der Waals surface area contributed by atoms with Crippen molar-refractivity contribution in [3.63, 3.8) is 0 Å². The summed E-state index contributed by atoms with van der Waals surface area (Å²) >= 11 is 7.62. The lowest BCUT2D eigenvalue weighted by molar-refractivity contribution is 0.587. The second kappa shape index (κ2) is 6.07. The third-order valence-electron chi connectivity index (χ3n) is 2.83. The summed E-state index contributed by atoms with van der Waals surface area (Å²) in [5.74, 6) is 4.11. The summed E-state index contributed by atoms with van der Waals surface area (Å²) in [6, 6.07) is 6.37. The van der Waals surface area contributed by atoms with Crippen LogP contribution in [0.4, 0.5) is 14.5 Å². The number of thiocarbonyl (C=S) groups is 1. The standard InChI is InChI=1S/C16H7F2NS3/c1-9-4-14-15(21-9)7-11(22-14)3-2-10-5-12(17)16(19-8-20)13(18)6-10/h4-7H,1H3. The predicted octanol–water partition coefficient (Wildman–Crippen LogP) is 5.68. The highest BCUT2D eigenvalue weighted by molar-refractivity contribution is 7.78. The van der Waals surface area contributed by atoms with Gasteiger partial charge in [-0.1, -0.05) is 11.8 Å². The van der Waals surface area contributed by atoms with Crippen molar-refractivity contribution in [2.24, 2.45) is 4.99 Å². The molecule has 0 fully saturated rings. The normalized spacial score (nSPS) is 10.1. The van der Waals surface area contributed by atoms with E-state index in [1.807, 2.05) is 11.2 Å². The molecule has 0 aliphatic rings. The van der Waals surface area contributed by atoms with Gasteiger partial charge < -0.3 is 0 Å². The maximum absolute atomic E-state index is 13.7. The third-order valence-corrected chi connectivity index (χ3v) is 5.05. The van der Waals surface area contributed by atoms with Crippen molar-refractivity contribution in [3.05, 3.63) is 51.2 Å². The summed E-state index contributed by atoms with van der Waals surface area (Å²) in [6.07, 6.45) is 0. The Morgan fingerprint density at radius 3 is 2.32 bits per heavy atom. The molecule has 1 aromatic carbocycles. The Bertz CT molecular complexity index is 927. The molecular formula is C16H7F2NS3. The van der Waals surface area contributed by atoms with Crippen LogP contribution in [-0.4, -0.2) is 5.16 Å². The first-order valence-corrected chi connectivity index (χ1v) is 8.20. The zero-order valence-electron chi connectivity index (χ0n) is 11.2. The summed E-state index contributed by atoms with van der Waals surface area (Å²) in [5, 5.41) is 1.95. The van der Waals surface area contributed by atoms with Crippen LogP contribution in [0.15, 0.2) is 29.3 Å². The summed E-state index contributed by atoms with van der Waals surface area (Å²) in [7, 11) is 0. The van der Waals surface area contributed by atoms with E-state index in [-0.39, 0.29) is 5.56 Å². The van der Waals surface area contributed by atoms with Crippen molar-refractivity contribution in [2.75, 3.05) is 0 Å². The highest BCUT2D eigenvalue weighted by Gasteiger charge is 2.09. The molecule has 2 aromatic heterocycles. The summed E-state index contributed by atoms with van der Waals surface area (Å²) in [6.45, 7) is 2.05. The number of hydrogen-bond donors (Lipinski definition) is 0. The van der Waals surface area contributed by atoms with Crippen molar-refractivity contribution in [1.82, 2.24) is 0 Å². The van der Waals surface area contributed by atoms with Crippen LogP contribution < -0.4 is 0 Å². The lowest BCUT2D eigenvalue weighted by atomic mass is 10.2. The van der Waals surface area contributed by atoms with E-state index < -0.39 is 17.3 Å². The largest absolute Gasteiger partial charge is 0.204 e. The zero-order chi connectivity index (χ0) is 15.7. The van der Waals surface area contributed by atoms with Gasteiger partial charge in [-0.3, -0.25) is 0 Å².